The van der Waals surface area contributed by atoms with Crippen LogP contribution in [0, 0.1) is 5.82 Å². The van der Waals surface area contributed by atoms with E-state index in [0.29, 0.717) is 0 Å². The lowest BCUT2D eigenvalue weighted by atomic mass is 10.2. The van der Waals surface area contributed by atoms with Crippen molar-refractivity contribution in [3.63, 3.8) is 0 Å². The lowest BCUT2D eigenvalue weighted by molar-refractivity contribution is 0.102. The predicted molar refractivity (Wildman–Crippen MR) is 67.9 cm³/mol. The van der Waals surface area contributed by atoms with Crippen LogP contribution in [0.5, 0.6) is 5.88 Å². The van der Waals surface area contributed by atoms with Crippen molar-refractivity contribution in [3.05, 3.63) is 46.9 Å². The number of hydrogen-bond donors (Lipinski definition) is 1. The minimum atomic E-state index is -0.664. The van der Waals surface area contributed by atoms with Crippen LogP contribution in [0.2, 0.25) is 5.15 Å². The Kier molecular flexibility index (Phi) is 3.91. The van der Waals surface area contributed by atoms with Crippen LogP contribution in [-0.2, 0) is 0 Å². The van der Waals surface area contributed by atoms with Crippen molar-refractivity contribution < 1.29 is 13.9 Å². The Hall–Kier alpha value is -2.21. The van der Waals surface area contributed by atoms with Gasteiger partial charge in [-0.25, -0.2) is 9.37 Å². The van der Waals surface area contributed by atoms with Gasteiger partial charge in [-0.2, -0.15) is 4.98 Å². The highest BCUT2D eigenvalue weighted by Crippen LogP contribution is 2.16. The normalized spacial score (nSPS) is 10.1. The number of rotatable bonds is 3. The van der Waals surface area contributed by atoms with Gasteiger partial charge >= 0.3 is 0 Å². The fourth-order valence-electron chi connectivity index (χ4n) is 1.37. The van der Waals surface area contributed by atoms with Crippen molar-refractivity contribution in [2.75, 3.05) is 12.4 Å². The highest BCUT2D eigenvalue weighted by molar-refractivity contribution is 6.29. The molecule has 0 aliphatic carbocycles. The summed E-state index contributed by atoms with van der Waals surface area (Å²) in [7, 11) is 1.40. The van der Waals surface area contributed by atoms with E-state index in [1.165, 1.54) is 31.4 Å². The number of ether oxygens (including phenoxy) is 1. The van der Waals surface area contributed by atoms with Crippen LogP contribution in [0.4, 0.5) is 10.3 Å². The van der Waals surface area contributed by atoms with Gasteiger partial charge in [0.1, 0.15) is 11.0 Å². The predicted octanol–water partition coefficient (Wildman–Crippen LogP) is 2.53. The average molecular weight is 282 g/mol. The van der Waals surface area contributed by atoms with E-state index in [9.17, 15) is 9.18 Å². The average Bonchev–Trinajstić information content (AvgIpc) is 2.38. The maximum Gasteiger partial charge on any atom is 0.260 e. The Morgan fingerprint density at radius 2 is 2.11 bits per heavy atom. The Morgan fingerprint density at radius 3 is 2.79 bits per heavy atom. The summed E-state index contributed by atoms with van der Waals surface area (Å²) >= 11 is 5.73. The molecule has 0 saturated carbocycles. The summed E-state index contributed by atoms with van der Waals surface area (Å²) in [4.78, 5) is 19.5. The fraction of sp³-hybridized carbons (Fsp3) is 0.0833. The number of nitrogens with zero attached hydrogens (tertiary/aromatic N) is 2. The van der Waals surface area contributed by atoms with Gasteiger partial charge in [0.25, 0.3) is 5.91 Å². The number of hydrogen-bond acceptors (Lipinski definition) is 4. The van der Waals surface area contributed by atoms with Crippen LogP contribution >= 0.6 is 11.6 Å². The topological polar surface area (TPSA) is 64.1 Å². The van der Waals surface area contributed by atoms with E-state index < -0.39 is 11.7 Å². The molecule has 0 saturated heterocycles. The van der Waals surface area contributed by atoms with Gasteiger partial charge in [-0.1, -0.05) is 23.7 Å². The molecule has 1 heterocycles. The van der Waals surface area contributed by atoms with Crippen LogP contribution in [0.3, 0.4) is 0 Å². The molecular formula is C12H9ClFN3O2. The van der Waals surface area contributed by atoms with Crippen LogP contribution < -0.4 is 10.1 Å². The zero-order valence-corrected chi connectivity index (χ0v) is 10.6. The summed E-state index contributed by atoms with van der Waals surface area (Å²) < 4.78 is 18.3. The van der Waals surface area contributed by atoms with Gasteiger partial charge in [0.05, 0.1) is 12.7 Å². The number of methoxy groups -OCH3 is 1. The smallest absolute Gasteiger partial charge is 0.260 e. The second-order valence-corrected chi connectivity index (χ2v) is 3.88. The number of benzene rings is 1. The highest BCUT2D eigenvalue weighted by Gasteiger charge is 2.13. The number of amides is 1. The minimum Gasteiger partial charge on any atom is -0.481 e. The first-order valence-electron chi connectivity index (χ1n) is 5.24. The van der Waals surface area contributed by atoms with Crippen molar-refractivity contribution in [3.8, 4) is 5.88 Å². The zero-order valence-electron chi connectivity index (χ0n) is 9.85. The highest BCUT2D eigenvalue weighted by atomic mass is 35.5. The molecule has 5 nitrogen and oxygen atoms in total. The largest absolute Gasteiger partial charge is 0.481 e. The molecule has 0 unspecified atom stereocenters. The molecule has 0 aliphatic heterocycles. The van der Waals surface area contributed by atoms with Crippen LogP contribution in [-0.4, -0.2) is 23.0 Å². The molecule has 98 valence electrons. The van der Waals surface area contributed by atoms with Gasteiger partial charge in [0.15, 0.2) is 0 Å². The molecule has 1 aromatic carbocycles. The molecule has 1 aromatic heterocycles. The standard InChI is InChI=1S/C12H9ClFN3O2/c1-19-10-6-9(13)15-12(16-10)17-11(18)7-4-2-3-5-8(7)14/h2-6H,1H3,(H,15,16,17,18). The third kappa shape index (κ3) is 3.17. The Morgan fingerprint density at radius 1 is 1.37 bits per heavy atom. The summed E-state index contributed by atoms with van der Waals surface area (Å²) in [5.41, 5.74) is -0.106. The zero-order chi connectivity index (χ0) is 13.8. The molecule has 1 N–H and O–H groups in total. The summed E-state index contributed by atoms with van der Waals surface area (Å²) in [5, 5.41) is 2.46. The van der Waals surface area contributed by atoms with E-state index >= 15 is 0 Å². The maximum atomic E-state index is 13.4. The third-order valence-corrected chi connectivity index (χ3v) is 2.42. The molecular weight excluding hydrogens is 273 g/mol. The Bertz CT molecular complexity index is 622. The number of carbonyl (C=O) groups is 1. The van der Waals surface area contributed by atoms with E-state index in [1.807, 2.05) is 0 Å². The quantitative estimate of drug-likeness (QED) is 0.878. The summed E-state index contributed by atoms with van der Waals surface area (Å²) in [5.74, 6) is -1.15. The fourth-order valence-corrected chi connectivity index (χ4v) is 1.55. The van der Waals surface area contributed by atoms with E-state index in [0.717, 1.165) is 0 Å². The van der Waals surface area contributed by atoms with Gasteiger partial charge in [-0.15, -0.1) is 0 Å². The molecule has 2 aromatic rings. The second-order valence-electron chi connectivity index (χ2n) is 3.49. The first-order valence-corrected chi connectivity index (χ1v) is 5.62. The van der Waals surface area contributed by atoms with Gasteiger partial charge in [-0.05, 0) is 12.1 Å². The van der Waals surface area contributed by atoms with E-state index in [2.05, 4.69) is 15.3 Å². The molecule has 19 heavy (non-hydrogen) atoms. The molecule has 2 rings (SSSR count). The molecule has 0 atom stereocenters. The number of anilines is 1. The Balaban J connectivity index is 2.24. The number of nitrogens with one attached hydrogen (secondary N) is 1. The SMILES string of the molecule is COc1cc(Cl)nc(NC(=O)c2ccccc2F)n1. The maximum absolute atomic E-state index is 13.4. The first-order chi connectivity index (χ1) is 9.10. The van der Waals surface area contributed by atoms with E-state index in [1.54, 1.807) is 6.07 Å². The monoisotopic (exact) mass is 281 g/mol. The van der Waals surface area contributed by atoms with Crippen molar-refractivity contribution in [2.45, 2.75) is 0 Å². The summed E-state index contributed by atoms with van der Waals surface area (Å²) in [6.45, 7) is 0. The Labute approximate surface area is 113 Å². The van der Waals surface area contributed by atoms with E-state index in [-0.39, 0.29) is 22.5 Å². The summed E-state index contributed by atoms with van der Waals surface area (Å²) in [6, 6.07) is 6.98. The molecule has 7 heteroatoms. The summed E-state index contributed by atoms with van der Waals surface area (Å²) in [6.07, 6.45) is 0. The van der Waals surface area contributed by atoms with Gasteiger partial charge in [-0.3, -0.25) is 10.1 Å². The van der Waals surface area contributed by atoms with E-state index in [4.69, 9.17) is 16.3 Å². The molecule has 0 fully saturated rings. The second kappa shape index (κ2) is 5.62. The number of aromatic nitrogens is 2. The van der Waals surface area contributed by atoms with Gasteiger partial charge < -0.3 is 4.74 Å². The lowest BCUT2D eigenvalue weighted by Crippen LogP contribution is -2.16. The van der Waals surface area contributed by atoms with Crippen molar-refractivity contribution >= 4 is 23.5 Å². The molecule has 0 radical (unpaired) electrons. The molecule has 1 amide bonds. The van der Waals surface area contributed by atoms with Crippen LogP contribution in [0.25, 0.3) is 0 Å². The number of halogens is 2. The minimum absolute atomic E-state index is 0.0578. The first kappa shape index (κ1) is 13.2. The van der Waals surface area contributed by atoms with Gasteiger partial charge in [0, 0.05) is 6.07 Å². The molecule has 0 bridgehead atoms. The van der Waals surface area contributed by atoms with Crippen molar-refractivity contribution in [2.24, 2.45) is 0 Å². The van der Waals surface area contributed by atoms with Crippen LogP contribution in [0.15, 0.2) is 30.3 Å². The van der Waals surface area contributed by atoms with Crippen LogP contribution in [0.1, 0.15) is 10.4 Å². The third-order valence-electron chi connectivity index (χ3n) is 2.22. The molecule has 0 spiro atoms. The molecule has 0 aliphatic rings. The van der Waals surface area contributed by atoms with Gasteiger partial charge in [0.2, 0.25) is 11.8 Å². The lowest BCUT2D eigenvalue weighted by Gasteiger charge is -2.06. The van der Waals surface area contributed by atoms with Crippen molar-refractivity contribution in [1.82, 2.24) is 9.97 Å². The van der Waals surface area contributed by atoms with Crippen molar-refractivity contribution in [1.29, 1.82) is 0 Å². The number of carbonyl (C=O) groups excluding carboxylic acids is 1.